The molecule has 0 unspecified atom stereocenters. The Morgan fingerprint density at radius 3 is 1.55 bits per heavy atom. The normalized spacial score (nSPS) is 14.4. The van der Waals surface area contributed by atoms with Gasteiger partial charge in [-0.1, -0.05) is 77.6 Å². The Morgan fingerprint density at radius 2 is 1.10 bits per heavy atom. The topological polar surface area (TPSA) is 60.7 Å². The molecule has 0 fully saturated rings. The van der Waals surface area contributed by atoms with E-state index in [9.17, 15) is 10.2 Å². The molecule has 0 aromatic rings. The quantitative estimate of drug-likeness (QED) is 0.402. The summed E-state index contributed by atoms with van der Waals surface area (Å²) in [6, 6.07) is 0. The van der Waals surface area contributed by atoms with Gasteiger partial charge in [0.05, 0.1) is 18.8 Å². The van der Waals surface area contributed by atoms with Crippen molar-refractivity contribution in [2.45, 2.75) is 103 Å². The molecular formula is C17H36O3. The molecule has 0 heterocycles. The van der Waals surface area contributed by atoms with Crippen molar-refractivity contribution in [2.24, 2.45) is 0 Å². The first-order chi connectivity index (χ1) is 9.70. The molecule has 3 heteroatoms. The van der Waals surface area contributed by atoms with E-state index in [1.165, 1.54) is 64.2 Å². The van der Waals surface area contributed by atoms with Gasteiger partial charge in [0.25, 0.3) is 0 Å². The summed E-state index contributed by atoms with van der Waals surface area (Å²) in [6.07, 6.45) is 14.2. The zero-order valence-electron chi connectivity index (χ0n) is 13.4. The predicted octanol–water partition coefficient (Wildman–Crippen LogP) is 3.79. The molecule has 20 heavy (non-hydrogen) atoms. The summed E-state index contributed by atoms with van der Waals surface area (Å²) in [4.78, 5) is 0. The molecule has 122 valence electrons. The molecule has 0 aromatic heterocycles. The highest BCUT2D eigenvalue weighted by Gasteiger charge is 2.10. The summed E-state index contributed by atoms with van der Waals surface area (Å²) in [6.45, 7) is 2.00. The lowest BCUT2D eigenvalue weighted by Gasteiger charge is -2.13. The second-order valence-electron chi connectivity index (χ2n) is 6.05. The molecule has 3 N–H and O–H groups in total. The van der Waals surface area contributed by atoms with E-state index in [1.807, 2.05) is 0 Å². The van der Waals surface area contributed by atoms with Crippen molar-refractivity contribution in [2.75, 3.05) is 6.61 Å². The van der Waals surface area contributed by atoms with E-state index >= 15 is 0 Å². The van der Waals surface area contributed by atoms with Gasteiger partial charge in [-0.2, -0.15) is 0 Å². The first-order valence-corrected chi connectivity index (χ1v) is 8.67. The highest BCUT2D eigenvalue weighted by Crippen LogP contribution is 2.13. The molecule has 0 bridgehead atoms. The lowest BCUT2D eigenvalue weighted by Crippen LogP contribution is -2.20. The minimum absolute atomic E-state index is 0.255. The minimum Gasteiger partial charge on any atom is -0.394 e. The van der Waals surface area contributed by atoms with Crippen molar-refractivity contribution in [3.63, 3.8) is 0 Å². The Balaban J connectivity index is 3.12. The molecule has 0 aromatic carbocycles. The zero-order valence-corrected chi connectivity index (χ0v) is 13.4. The number of unbranched alkanes of at least 4 members (excludes halogenated alkanes) is 10. The SMILES string of the molecule is CCCCCCCCCCCCC[C@@H](O)C[C@@H](O)CO. The number of aliphatic hydroxyl groups is 3. The minimum atomic E-state index is -0.766. The van der Waals surface area contributed by atoms with E-state index in [4.69, 9.17) is 5.11 Å². The average molecular weight is 288 g/mol. The van der Waals surface area contributed by atoms with Crippen molar-refractivity contribution >= 4 is 0 Å². The number of hydrogen-bond donors (Lipinski definition) is 3. The summed E-state index contributed by atoms with van der Waals surface area (Å²) in [5.74, 6) is 0. The van der Waals surface area contributed by atoms with Crippen LogP contribution in [0, 0.1) is 0 Å². The van der Waals surface area contributed by atoms with Crippen LogP contribution in [0.4, 0.5) is 0 Å². The maximum Gasteiger partial charge on any atom is 0.0795 e. The fraction of sp³-hybridized carbons (Fsp3) is 1.00. The fourth-order valence-electron chi connectivity index (χ4n) is 2.55. The zero-order chi connectivity index (χ0) is 15.1. The van der Waals surface area contributed by atoms with Gasteiger partial charge in [0.2, 0.25) is 0 Å². The van der Waals surface area contributed by atoms with Crippen LogP contribution >= 0.6 is 0 Å². The molecule has 0 rings (SSSR count). The lowest BCUT2D eigenvalue weighted by atomic mass is 10.0. The van der Waals surface area contributed by atoms with Crippen LogP contribution in [-0.4, -0.2) is 34.1 Å². The molecule has 2 atom stereocenters. The van der Waals surface area contributed by atoms with Crippen LogP contribution < -0.4 is 0 Å². The monoisotopic (exact) mass is 288 g/mol. The first-order valence-electron chi connectivity index (χ1n) is 8.67. The van der Waals surface area contributed by atoms with Crippen molar-refractivity contribution < 1.29 is 15.3 Å². The third kappa shape index (κ3) is 14.3. The molecule has 0 amide bonds. The third-order valence-corrected chi connectivity index (χ3v) is 3.90. The van der Waals surface area contributed by atoms with Gasteiger partial charge in [-0.15, -0.1) is 0 Å². The maximum absolute atomic E-state index is 9.62. The van der Waals surface area contributed by atoms with Gasteiger partial charge in [0, 0.05) is 6.42 Å². The Hall–Kier alpha value is -0.120. The van der Waals surface area contributed by atoms with Crippen LogP contribution in [0.15, 0.2) is 0 Å². The second kappa shape index (κ2) is 15.3. The molecule has 0 aliphatic carbocycles. The highest BCUT2D eigenvalue weighted by atomic mass is 16.3. The van der Waals surface area contributed by atoms with E-state index < -0.39 is 12.2 Å². The molecule has 0 saturated carbocycles. The van der Waals surface area contributed by atoms with Crippen molar-refractivity contribution in [3.05, 3.63) is 0 Å². The first kappa shape index (κ1) is 19.9. The Kier molecular flexibility index (Phi) is 15.2. The van der Waals surface area contributed by atoms with Crippen LogP contribution in [0.2, 0.25) is 0 Å². The highest BCUT2D eigenvalue weighted by molar-refractivity contribution is 4.62. The second-order valence-corrected chi connectivity index (χ2v) is 6.05. The Bertz CT molecular complexity index is 185. The largest absolute Gasteiger partial charge is 0.394 e. The standard InChI is InChI=1S/C17H36O3/c1-2-3-4-5-6-7-8-9-10-11-12-13-16(19)14-17(20)15-18/h16-20H,2-15H2,1H3/t16-,17-/m1/s1. The van der Waals surface area contributed by atoms with E-state index in [-0.39, 0.29) is 6.61 Å². The van der Waals surface area contributed by atoms with Gasteiger partial charge in [-0.05, 0) is 6.42 Å². The van der Waals surface area contributed by atoms with Gasteiger partial charge in [-0.25, -0.2) is 0 Å². The van der Waals surface area contributed by atoms with E-state index in [1.54, 1.807) is 0 Å². The molecule has 3 nitrogen and oxygen atoms in total. The van der Waals surface area contributed by atoms with Gasteiger partial charge in [-0.3, -0.25) is 0 Å². The summed E-state index contributed by atoms with van der Waals surface area (Å²) in [7, 11) is 0. The van der Waals surface area contributed by atoms with Gasteiger partial charge >= 0.3 is 0 Å². The summed E-state index contributed by atoms with van der Waals surface area (Å²) in [5.41, 5.74) is 0. The van der Waals surface area contributed by atoms with E-state index in [0.717, 1.165) is 12.8 Å². The van der Waals surface area contributed by atoms with Gasteiger partial charge in [0.15, 0.2) is 0 Å². The Morgan fingerprint density at radius 1 is 0.650 bits per heavy atom. The van der Waals surface area contributed by atoms with Crippen LogP contribution in [0.3, 0.4) is 0 Å². The van der Waals surface area contributed by atoms with E-state index in [2.05, 4.69) is 6.92 Å². The van der Waals surface area contributed by atoms with Crippen LogP contribution in [-0.2, 0) is 0 Å². The molecule has 0 saturated heterocycles. The summed E-state index contributed by atoms with van der Waals surface area (Å²) in [5, 5.41) is 27.5. The van der Waals surface area contributed by atoms with Gasteiger partial charge in [0.1, 0.15) is 0 Å². The van der Waals surface area contributed by atoms with Crippen molar-refractivity contribution in [3.8, 4) is 0 Å². The fourth-order valence-corrected chi connectivity index (χ4v) is 2.55. The maximum atomic E-state index is 9.62. The van der Waals surface area contributed by atoms with Crippen LogP contribution in [0.5, 0.6) is 0 Å². The van der Waals surface area contributed by atoms with Crippen molar-refractivity contribution in [1.82, 2.24) is 0 Å². The molecular weight excluding hydrogens is 252 g/mol. The van der Waals surface area contributed by atoms with Crippen LogP contribution in [0.25, 0.3) is 0 Å². The number of hydrogen-bond acceptors (Lipinski definition) is 3. The van der Waals surface area contributed by atoms with E-state index in [0.29, 0.717) is 6.42 Å². The Labute approximate surface area is 125 Å². The molecule has 0 radical (unpaired) electrons. The smallest absolute Gasteiger partial charge is 0.0795 e. The summed E-state index contributed by atoms with van der Waals surface area (Å²) >= 11 is 0. The summed E-state index contributed by atoms with van der Waals surface area (Å²) < 4.78 is 0. The average Bonchev–Trinajstić information content (AvgIpc) is 2.44. The van der Waals surface area contributed by atoms with Crippen molar-refractivity contribution in [1.29, 1.82) is 0 Å². The lowest BCUT2D eigenvalue weighted by molar-refractivity contribution is 0.0380. The molecule has 0 spiro atoms. The number of aliphatic hydroxyl groups excluding tert-OH is 3. The number of rotatable bonds is 15. The predicted molar refractivity (Wildman–Crippen MR) is 84.8 cm³/mol. The third-order valence-electron chi connectivity index (χ3n) is 3.90. The van der Waals surface area contributed by atoms with Crippen LogP contribution in [0.1, 0.15) is 90.4 Å². The molecule has 0 aliphatic rings. The van der Waals surface area contributed by atoms with Gasteiger partial charge < -0.3 is 15.3 Å². The molecule has 0 aliphatic heterocycles.